The number of rotatable bonds is 4. The van der Waals surface area contributed by atoms with Crippen LogP contribution >= 0.6 is 22.9 Å². The van der Waals surface area contributed by atoms with E-state index in [1.807, 2.05) is 11.3 Å². The summed E-state index contributed by atoms with van der Waals surface area (Å²) in [5, 5.41) is 3.94. The van der Waals surface area contributed by atoms with Crippen molar-refractivity contribution in [2.45, 2.75) is 32.1 Å². The Labute approximate surface area is 106 Å². The van der Waals surface area contributed by atoms with Crippen LogP contribution in [0.15, 0.2) is 29.6 Å². The van der Waals surface area contributed by atoms with Gasteiger partial charge in [-0.15, -0.1) is 22.9 Å². The monoisotopic (exact) mass is 252 g/mol. The molecule has 16 heavy (non-hydrogen) atoms. The molecule has 0 amide bonds. The van der Waals surface area contributed by atoms with Gasteiger partial charge >= 0.3 is 0 Å². The number of hydrogen-bond donors (Lipinski definition) is 0. The first-order chi connectivity index (χ1) is 7.72. The zero-order chi connectivity index (χ0) is 11.5. The SMILES string of the molecule is CCC(Cc1csc2ccccc12)C(C)Cl. The van der Waals surface area contributed by atoms with Crippen molar-refractivity contribution in [2.24, 2.45) is 5.92 Å². The highest BCUT2D eigenvalue weighted by Crippen LogP contribution is 2.29. The third kappa shape index (κ3) is 2.41. The minimum Gasteiger partial charge on any atom is -0.144 e. The van der Waals surface area contributed by atoms with E-state index in [-0.39, 0.29) is 5.38 Å². The van der Waals surface area contributed by atoms with Gasteiger partial charge < -0.3 is 0 Å². The minimum absolute atomic E-state index is 0.253. The van der Waals surface area contributed by atoms with Crippen molar-refractivity contribution in [1.82, 2.24) is 0 Å². The normalized spacial score (nSPS) is 15.2. The summed E-state index contributed by atoms with van der Waals surface area (Å²) in [4.78, 5) is 0. The maximum Gasteiger partial charge on any atom is 0.0345 e. The molecule has 2 atom stereocenters. The number of halogens is 1. The summed E-state index contributed by atoms with van der Waals surface area (Å²) in [7, 11) is 0. The van der Waals surface area contributed by atoms with Crippen molar-refractivity contribution in [3.05, 3.63) is 35.2 Å². The molecule has 1 aromatic heterocycles. The van der Waals surface area contributed by atoms with Gasteiger partial charge in [-0.2, -0.15) is 0 Å². The minimum atomic E-state index is 0.253. The van der Waals surface area contributed by atoms with Gasteiger partial charge in [0.2, 0.25) is 0 Å². The molecule has 0 aliphatic carbocycles. The molecule has 1 aromatic carbocycles. The molecule has 86 valence electrons. The molecule has 0 aliphatic rings. The Morgan fingerprint density at radius 2 is 2.06 bits per heavy atom. The number of alkyl halides is 1. The Morgan fingerprint density at radius 3 is 2.75 bits per heavy atom. The fraction of sp³-hybridized carbons (Fsp3) is 0.429. The Bertz CT molecular complexity index is 458. The first kappa shape index (κ1) is 11.9. The molecular weight excluding hydrogens is 236 g/mol. The fourth-order valence-corrected chi connectivity index (χ4v) is 3.35. The van der Waals surface area contributed by atoms with Gasteiger partial charge in [0.05, 0.1) is 0 Å². The molecule has 0 nitrogen and oxygen atoms in total. The van der Waals surface area contributed by atoms with E-state index < -0.39 is 0 Å². The fourth-order valence-electron chi connectivity index (χ4n) is 2.10. The molecule has 1 heterocycles. The van der Waals surface area contributed by atoms with Gasteiger partial charge in [0.1, 0.15) is 0 Å². The largest absolute Gasteiger partial charge is 0.144 e. The van der Waals surface area contributed by atoms with Crippen LogP contribution in [0.1, 0.15) is 25.8 Å². The molecule has 0 aliphatic heterocycles. The number of fused-ring (bicyclic) bond motifs is 1. The van der Waals surface area contributed by atoms with Gasteiger partial charge in [-0.3, -0.25) is 0 Å². The number of hydrogen-bond acceptors (Lipinski definition) is 1. The van der Waals surface area contributed by atoms with Crippen LogP contribution in [-0.4, -0.2) is 5.38 Å². The zero-order valence-corrected chi connectivity index (χ0v) is 11.3. The Kier molecular flexibility index (Phi) is 3.88. The average molecular weight is 253 g/mol. The predicted octanol–water partition coefficient (Wildman–Crippen LogP) is 5.10. The standard InChI is InChI=1S/C14H17ClS/c1-3-11(10(2)15)8-12-9-16-14-7-5-4-6-13(12)14/h4-7,9-11H,3,8H2,1-2H3. The quantitative estimate of drug-likeness (QED) is 0.665. The maximum atomic E-state index is 6.22. The van der Waals surface area contributed by atoms with Crippen LogP contribution in [-0.2, 0) is 6.42 Å². The second kappa shape index (κ2) is 5.20. The summed E-state index contributed by atoms with van der Waals surface area (Å²) in [6, 6.07) is 8.62. The van der Waals surface area contributed by atoms with E-state index in [1.165, 1.54) is 15.6 Å². The lowest BCUT2D eigenvalue weighted by molar-refractivity contribution is 0.499. The van der Waals surface area contributed by atoms with Gasteiger partial charge in [-0.25, -0.2) is 0 Å². The average Bonchev–Trinajstić information content (AvgIpc) is 2.69. The molecule has 2 heteroatoms. The molecule has 0 bridgehead atoms. The van der Waals surface area contributed by atoms with E-state index in [0.29, 0.717) is 5.92 Å². The summed E-state index contributed by atoms with van der Waals surface area (Å²) in [5.41, 5.74) is 1.46. The highest BCUT2D eigenvalue weighted by molar-refractivity contribution is 7.17. The van der Waals surface area contributed by atoms with E-state index in [4.69, 9.17) is 11.6 Å². The van der Waals surface area contributed by atoms with Gasteiger partial charge in [0.15, 0.2) is 0 Å². The van der Waals surface area contributed by atoms with Crippen molar-refractivity contribution in [3.63, 3.8) is 0 Å². The summed E-state index contributed by atoms with van der Waals surface area (Å²) in [5.74, 6) is 0.583. The smallest absolute Gasteiger partial charge is 0.0345 e. The molecule has 0 fully saturated rings. The van der Waals surface area contributed by atoms with E-state index >= 15 is 0 Å². The van der Waals surface area contributed by atoms with Crippen molar-refractivity contribution >= 4 is 33.0 Å². The maximum absolute atomic E-state index is 6.22. The lowest BCUT2D eigenvalue weighted by Crippen LogP contribution is -2.13. The first-order valence-electron chi connectivity index (χ1n) is 5.81. The summed E-state index contributed by atoms with van der Waals surface area (Å²) >= 11 is 8.05. The first-order valence-corrected chi connectivity index (χ1v) is 7.13. The second-order valence-electron chi connectivity index (χ2n) is 4.31. The second-order valence-corrected chi connectivity index (χ2v) is 5.91. The lowest BCUT2D eigenvalue weighted by atomic mass is 9.94. The van der Waals surface area contributed by atoms with Crippen molar-refractivity contribution < 1.29 is 0 Å². The highest BCUT2D eigenvalue weighted by atomic mass is 35.5. The molecule has 2 rings (SSSR count). The predicted molar refractivity (Wildman–Crippen MR) is 74.6 cm³/mol. The third-order valence-electron chi connectivity index (χ3n) is 3.22. The van der Waals surface area contributed by atoms with Crippen LogP contribution < -0.4 is 0 Å². The van der Waals surface area contributed by atoms with Gasteiger partial charge in [0.25, 0.3) is 0 Å². The summed E-state index contributed by atoms with van der Waals surface area (Å²) in [6.07, 6.45) is 2.25. The number of thiophene rings is 1. The molecule has 0 N–H and O–H groups in total. The van der Waals surface area contributed by atoms with Gasteiger partial charge in [-0.1, -0.05) is 31.5 Å². The lowest BCUT2D eigenvalue weighted by Gasteiger charge is -2.16. The third-order valence-corrected chi connectivity index (χ3v) is 4.59. The van der Waals surface area contributed by atoms with Crippen molar-refractivity contribution in [3.8, 4) is 0 Å². The zero-order valence-electron chi connectivity index (χ0n) is 9.74. The molecule has 0 saturated carbocycles. The van der Waals surface area contributed by atoms with Crippen LogP contribution in [0.3, 0.4) is 0 Å². The Morgan fingerprint density at radius 1 is 1.31 bits per heavy atom. The van der Waals surface area contributed by atoms with E-state index in [2.05, 4.69) is 43.5 Å². The molecule has 0 saturated heterocycles. The van der Waals surface area contributed by atoms with Gasteiger partial charge in [-0.05, 0) is 41.7 Å². The molecular formula is C14H17ClS. The van der Waals surface area contributed by atoms with Crippen molar-refractivity contribution in [2.75, 3.05) is 0 Å². The van der Waals surface area contributed by atoms with E-state index in [1.54, 1.807) is 0 Å². The van der Waals surface area contributed by atoms with E-state index in [0.717, 1.165) is 12.8 Å². The topological polar surface area (TPSA) is 0 Å². The molecule has 2 aromatic rings. The van der Waals surface area contributed by atoms with Crippen LogP contribution in [0, 0.1) is 5.92 Å². The Balaban J connectivity index is 2.27. The van der Waals surface area contributed by atoms with Crippen molar-refractivity contribution in [1.29, 1.82) is 0 Å². The summed E-state index contributed by atoms with van der Waals surface area (Å²) in [6.45, 7) is 4.32. The molecule has 0 radical (unpaired) electrons. The number of benzene rings is 1. The highest BCUT2D eigenvalue weighted by Gasteiger charge is 2.15. The Hall–Kier alpha value is -0.530. The van der Waals surface area contributed by atoms with Gasteiger partial charge in [0, 0.05) is 10.1 Å². The van der Waals surface area contributed by atoms with Crippen LogP contribution in [0.5, 0.6) is 0 Å². The van der Waals surface area contributed by atoms with Crippen LogP contribution in [0.4, 0.5) is 0 Å². The van der Waals surface area contributed by atoms with E-state index in [9.17, 15) is 0 Å². The molecule has 0 spiro atoms. The van der Waals surface area contributed by atoms with Crippen LogP contribution in [0.25, 0.3) is 10.1 Å². The molecule has 2 unspecified atom stereocenters. The summed E-state index contributed by atoms with van der Waals surface area (Å²) < 4.78 is 1.38. The van der Waals surface area contributed by atoms with Crippen LogP contribution in [0.2, 0.25) is 0 Å².